The zero-order chi connectivity index (χ0) is 15.3. The molecular weight excluding hydrogens is 286 g/mol. The van der Waals surface area contributed by atoms with Crippen LogP contribution in [-0.4, -0.2) is 37.5 Å². The minimum atomic E-state index is 0. The van der Waals surface area contributed by atoms with Gasteiger partial charge in [0.25, 0.3) is 0 Å². The van der Waals surface area contributed by atoms with Gasteiger partial charge in [-0.25, -0.2) is 0 Å². The fourth-order valence-corrected chi connectivity index (χ4v) is 4.29. The van der Waals surface area contributed by atoms with Gasteiger partial charge in [0, 0.05) is 37.5 Å². The van der Waals surface area contributed by atoms with Gasteiger partial charge >= 0.3 is 0 Å². The molecule has 0 bridgehead atoms. The normalized spacial score (nSPS) is 22.6. The molecule has 0 amide bonds. The summed E-state index contributed by atoms with van der Waals surface area (Å²) in [6, 6.07) is 0. The predicted molar refractivity (Wildman–Crippen MR) is 92.4 cm³/mol. The minimum Gasteiger partial charge on any atom is -0.382 e. The van der Waals surface area contributed by atoms with E-state index in [1.165, 1.54) is 12.8 Å². The van der Waals surface area contributed by atoms with Gasteiger partial charge in [-0.1, -0.05) is 0 Å². The van der Waals surface area contributed by atoms with Crippen LogP contribution >= 0.6 is 12.4 Å². The largest absolute Gasteiger partial charge is 0.382 e. The second-order valence-electron chi connectivity index (χ2n) is 7.64. The van der Waals surface area contributed by atoms with Gasteiger partial charge in [-0.3, -0.25) is 0 Å². The molecule has 0 spiro atoms. The first-order valence-corrected chi connectivity index (χ1v) is 8.19. The summed E-state index contributed by atoms with van der Waals surface area (Å²) in [6.45, 7) is 16.8. The average Bonchev–Trinajstić information content (AvgIpc) is 2.25. The Morgan fingerprint density at radius 3 is 1.52 bits per heavy atom. The van der Waals surface area contributed by atoms with Crippen molar-refractivity contribution in [1.82, 2.24) is 5.32 Å². The second kappa shape index (κ2) is 8.71. The average molecular weight is 322 g/mol. The highest BCUT2D eigenvalue weighted by Crippen LogP contribution is 2.47. The van der Waals surface area contributed by atoms with E-state index in [0.717, 1.165) is 39.3 Å². The number of hydrogen-bond donors (Lipinski definition) is 1. The Bertz CT molecular complexity index is 265. The molecule has 0 atom stereocenters. The summed E-state index contributed by atoms with van der Waals surface area (Å²) in [6.07, 6.45) is 4.68. The van der Waals surface area contributed by atoms with E-state index in [2.05, 4.69) is 46.9 Å². The number of nitrogens with one attached hydrogen (secondary N) is 1. The van der Waals surface area contributed by atoms with Crippen molar-refractivity contribution in [1.29, 1.82) is 0 Å². The number of rotatable bonds is 8. The highest BCUT2D eigenvalue weighted by Gasteiger charge is 2.46. The van der Waals surface area contributed by atoms with E-state index in [1.54, 1.807) is 0 Å². The van der Waals surface area contributed by atoms with E-state index in [-0.39, 0.29) is 23.5 Å². The van der Waals surface area contributed by atoms with Crippen LogP contribution in [0.1, 0.15) is 67.2 Å². The summed E-state index contributed by atoms with van der Waals surface area (Å²) >= 11 is 0. The lowest BCUT2D eigenvalue weighted by atomic mass is 9.62. The molecule has 21 heavy (non-hydrogen) atoms. The molecule has 0 radical (unpaired) electrons. The number of hydrogen-bond acceptors (Lipinski definition) is 3. The molecule has 1 rings (SSSR count). The van der Waals surface area contributed by atoms with Gasteiger partial charge in [0.15, 0.2) is 0 Å². The number of ether oxygens (including phenoxy) is 2. The smallest absolute Gasteiger partial charge is 0.0471 e. The highest BCUT2D eigenvalue weighted by molar-refractivity contribution is 5.85. The maximum Gasteiger partial charge on any atom is 0.0471 e. The molecule has 1 fully saturated rings. The Morgan fingerprint density at radius 2 is 1.19 bits per heavy atom. The first-order valence-electron chi connectivity index (χ1n) is 8.19. The van der Waals surface area contributed by atoms with E-state index in [1.807, 2.05) is 0 Å². The quantitative estimate of drug-likeness (QED) is 0.680. The van der Waals surface area contributed by atoms with Crippen LogP contribution in [0.4, 0.5) is 0 Å². The molecule has 1 N–H and O–H groups in total. The summed E-state index contributed by atoms with van der Waals surface area (Å²) in [5, 5.41) is 3.79. The molecule has 0 aliphatic carbocycles. The van der Waals surface area contributed by atoms with Crippen molar-refractivity contribution in [3.05, 3.63) is 0 Å². The van der Waals surface area contributed by atoms with Crippen LogP contribution in [0.2, 0.25) is 0 Å². The summed E-state index contributed by atoms with van der Waals surface area (Å²) < 4.78 is 11.3. The molecule has 0 aromatic carbocycles. The molecule has 1 saturated heterocycles. The molecule has 3 nitrogen and oxygen atoms in total. The molecule has 128 valence electrons. The lowest BCUT2D eigenvalue weighted by Crippen LogP contribution is -2.61. The molecule has 1 aliphatic heterocycles. The zero-order valence-corrected chi connectivity index (χ0v) is 15.7. The third kappa shape index (κ3) is 7.32. The Balaban J connectivity index is 0.00000400. The van der Waals surface area contributed by atoms with Crippen molar-refractivity contribution < 1.29 is 9.47 Å². The summed E-state index contributed by atoms with van der Waals surface area (Å²) in [4.78, 5) is 0. The minimum absolute atomic E-state index is 0. The van der Waals surface area contributed by atoms with Crippen LogP contribution in [0, 0.1) is 5.41 Å². The van der Waals surface area contributed by atoms with Gasteiger partial charge in [-0.05, 0) is 72.6 Å². The van der Waals surface area contributed by atoms with Crippen molar-refractivity contribution in [3.63, 3.8) is 0 Å². The van der Waals surface area contributed by atoms with Gasteiger partial charge in [0.2, 0.25) is 0 Å². The lowest BCUT2D eigenvalue weighted by molar-refractivity contribution is -0.0102. The fraction of sp³-hybridized carbons (Fsp3) is 1.00. The Labute approximate surface area is 138 Å². The molecule has 0 unspecified atom stereocenters. The number of halogens is 1. The molecule has 4 heteroatoms. The van der Waals surface area contributed by atoms with Crippen LogP contribution in [0.5, 0.6) is 0 Å². The van der Waals surface area contributed by atoms with Gasteiger partial charge in [0.1, 0.15) is 0 Å². The van der Waals surface area contributed by atoms with Crippen molar-refractivity contribution in [2.45, 2.75) is 78.3 Å². The third-order valence-electron chi connectivity index (χ3n) is 4.27. The first kappa shape index (κ1) is 21.2. The first-order chi connectivity index (χ1) is 9.24. The molecule has 1 aliphatic rings. The molecule has 0 aromatic heterocycles. The van der Waals surface area contributed by atoms with E-state index in [4.69, 9.17) is 9.47 Å². The molecular formula is C17H36ClNO2. The van der Waals surface area contributed by atoms with Gasteiger partial charge in [0.05, 0.1) is 0 Å². The van der Waals surface area contributed by atoms with E-state index in [0.29, 0.717) is 5.41 Å². The maximum atomic E-state index is 5.64. The summed E-state index contributed by atoms with van der Waals surface area (Å²) in [7, 11) is 0. The molecule has 0 aromatic rings. The maximum absolute atomic E-state index is 5.64. The van der Waals surface area contributed by atoms with Crippen molar-refractivity contribution >= 4 is 12.4 Å². The van der Waals surface area contributed by atoms with Crippen LogP contribution in [0.15, 0.2) is 0 Å². The standard InChI is InChI=1S/C17H35NO2.ClH/c1-7-19-11-9-17(10-12-20-8-2)13-15(3,4)18-16(5,6)14-17;/h18H,7-14H2,1-6H3;1H. The van der Waals surface area contributed by atoms with E-state index < -0.39 is 0 Å². The second-order valence-corrected chi connectivity index (χ2v) is 7.64. The fourth-order valence-electron chi connectivity index (χ4n) is 4.29. The Kier molecular flexibility index (Phi) is 8.78. The predicted octanol–water partition coefficient (Wildman–Crippen LogP) is 4.19. The highest BCUT2D eigenvalue weighted by atomic mass is 35.5. The van der Waals surface area contributed by atoms with Gasteiger partial charge in [-0.15, -0.1) is 12.4 Å². The van der Waals surface area contributed by atoms with Crippen LogP contribution in [0.3, 0.4) is 0 Å². The number of piperidine rings is 1. The van der Waals surface area contributed by atoms with Gasteiger partial charge < -0.3 is 14.8 Å². The van der Waals surface area contributed by atoms with Crippen LogP contribution < -0.4 is 5.32 Å². The molecule has 1 heterocycles. The van der Waals surface area contributed by atoms with E-state index in [9.17, 15) is 0 Å². The Morgan fingerprint density at radius 1 is 0.810 bits per heavy atom. The van der Waals surface area contributed by atoms with Crippen molar-refractivity contribution in [3.8, 4) is 0 Å². The third-order valence-corrected chi connectivity index (χ3v) is 4.27. The van der Waals surface area contributed by atoms with Crippen LogP contribution in [-0.2, 0) is 9.47 Å². The topological polar surface area (TPSA) is 30.5 Å². The van der Waals surface area contributed by atoms with Gasteiger partial charge in [-0.2, -0.15) is 0 Å². The summed E-state index contributed by atoms with van der Waals surface area (Å²) in [5.74, 6) is 0. The lowest BCUT2D eigenvalue weighted by Gasteiger charge is -2.53. The summed E-state index contributed by atoms with van der Waals surface area (Å²) in [5.41, 5.74) is 0.697. The van der Waals surface area contributed by atoms with E-state index >= 15 is 0 Å². The molecule has 0 saturated carbocycles. The Hall–Kier alpha value is 0.170. The van der Waals surface area contributed by atoms with Crippen LogP contribution in [0.25, 0.3) is 0 Å². The monoisotopic (exact) mass is 321 g/mol. The SMILES string of the molecule is CCOCCC1(CCOCC)CC(C)(C)NC(C)(C)C1.Cl. The van der Waals surface area contributed by atoms with Crippen molar-refractivity contribution in [2.75, 3.05) is 26.4 Å². The van der Waals surface area contributed by atoms with Crippen molar-refractivity contribution in [2.24, 2.45) is 5.41 Å². The zero-order valence-electron chi connectivity index (χ0n) is 14.9.